The molecular formula is C15H19ClN2O. The number of halogens is 1. The number of unbranched alkanes of at least 4 members (excludes halogenated alkanes) is 2. The zero-order chi connectivity index (χ0) is 13.5. The Kier molecular flexibility index (Phi) is 5.28. The van der Waals surface area contributed by atoms with E-state index >= 15 is 0 Å². The van der Waals surface area contributed by atoms with Crippen LogP contribution in [0.5, 0.6) is 5.75 Å². The molecule has 102 valence electrons. The number of ether oxygens (including phenoxy) is 1. The Morgan fingerprint density at radius 1 is 1.21 bits per heavy atom. The van der Waals surface area contributed by atoms with Crippen LogP contribution in [0.2, 0.25) is 0 Å². The summed E-state index contributed by atoms with van der Waals surface area (Å²) >= 11 is 5.66. The van der Waals surface area contributed by atoms with Crippen molar-refractivity contribution in [3.8, 4) is 5.75 Å². The summed E-state index contributed by atoms with van der Waals surface area (Å²) in [6, 6.07) is 8.04. The molecule has 2 aromatic rings. The molecule has 3 nitrogen and oxygen atoms in total. The van der Waals surface area contributed by atoms with Gasteiger partial charge in [0.05, 0.1) is 7.11 Å². The molecule has 4 heteroatoms. The largest absolute Gasteiger partial charge is 0.497 e. The average Bonchev–Trinajstić information content (AvgIpc) is 2.46. The van der Waals surface area contributed by atoms with Gasteiger partial charge in [-0.1, -0.05) is 12.5 Å². The molecule has 1 aromatic carbocycles. The van der Waals surface area contributed by atoms with E-state index in [-0.39, 0.29) is 0 Å². The van der Waals surface area contributed by atoms with Crippen molar-refractivity contribution >= 4 is 28.2 Å². The van der Waals surface area contributed by atoms with E-state index < -0.39 is 0 Å². The van der Waals surface area contributed by atoms with Crippen LogP contribution in [0.25, 0.3) is 10.8 Å². The summed E-state index contributed by atoms with van der Waals surface area (Å²) in [5.41, 5.74) is 0. The fourth-order valence-corrected chi connectivity index (χ4v) is 2.21. The highest BCUT2D eigenvalue weighted by atomic mass is 35.5. The number of fused-ring (bicyclic) bond motifs is 1. The molecule has 0 amide bonds. The fourth-order valence-electron chi connectivity index (χ4n) is 2.02. The van der Waals surface area contributed by atoms with Crippen LogP contribution in [0.1, 0.15) is 19.3 Å². The van der Waals surface area contributed by atoms with Crippen LogP contribution in [0.4, 0.5) is 5.82 Å². The average molecular weight is 279 g/mol. The van der Waals surface area contributed by atoms with E-state index in [0.717, 1.165) is 48.6 Å². The quantitative estimate of drug-likeness (QED) is 0.612. The predicted molar refractivity (Wildman–Crippen MR) is 81.4 cm³/mol. The van der Waals surface area contributed by atoms with Crippen molar-refractivity contribution in [3.63, 3.8) is 0 Å². The first-order chi connectivity index (χ1) is 9.35. The number of rotatable bonds is 7. The molecular weight excluding hydrogens is 260 g/mol. The van der Waals surface area contributed by atoms with E-state index in [1.54, 1.807) is 7.11 Å². The molecule has 0 spiro atoms. The molecule has 0 bridgehead atoms. The number of alkyl halides is 1. The molecule has 0 atom stereocenters. The van der Waals surface area contributed by atoms with E-state index in [2.05, 4.69) is 16.4 Å². The zero-order valence-corrected chi connectivity index (χ0v) is 11.9. The predicted octanol–water partition coefficient (Wildman–Crippen LogP) is 4.06. The Bertz CT molecular complexity index is 531. The molecule has 2 rings (SSSR count). The van der Waals surface area contributed by atoms with E-state index in [9.17, 15) is 0 Å². The lowest BCUT2D eigenvalue weighted by Gasteiger charge is -2.09. The number of nitrogens with one attached hydrogen (secondary N) is 1. The summed E-state index contributed by atoms with van der Waals surface area (Å²) in [7, 11) is 1.68. The lowest BCUT2D eigenvalue weighted by atomic mass is 10.1. The maximum atomic E-state index is 5.66. The van der Waals surface area contributed by atoms with Gasteiger partial charge in [0.25, 0.3) is 0 Å². The normalized spacial score (nSPS) is 10.6. The third kappa shape index (κ3) is 3.74. The van der Waals surface area contributed by atoms with Crippen molar-refractivity contribution in [1.29, 1.82) is 0 Å². The number of anilines is 1. The molecule has 19 heavy (non-hydrogen) atoms. The van der Waals surface area contributed by atoms with Gasteiger partial charge in [-0.05, 0) is 36.4 Å². The van der Waals surface area contributed by atoms with E-state index in [1.165, 1.54) is 5.39 Å². The Hall–Kier alpha value is -1.48. The number of hydrogen-bond acceptors (Lipinski definition) is 3. The smallest absolute Gasteiger partial charge is 0.133 e. The highest BCUT2D eigenvalue weighted by molar-refractivity contribution is 6.17. The zero-order valence-electron chi connectivity index (χ0n) is 11.2. The minimum atomic E-state index is 0.740. The number of nitrogens with zero attached hydrogens (tertiary/aromatic N) is 1. The highest BCUT2D eigenvalue weighted by Crippen LogP contribution is 2.25. The summed E-state index contributed by atoms with van der Waals surface area (Å²) in [6.07, 6.45) is 5.15. The monoisotopic (exact) mass is 278 g/mol. The second kappa shape index (κ2) is 7.19. The number of pyridine rings is 1. The van der Waals surface area contributed by atoms with Crippen molar-refractivity contribution < 1.29 is 4.74 Å². The van der Waals surface area contributed by atoms with Crippen LogP contribution in [0, 0.1) is 0 Å². The number of methoxy groups -OCH3 is 1. The Labute approximate surface area is 118 Å². The van der Waals surface area contributed by atoms with Crippen LogP contribution < -0.4 is 10.1 Å². The molecule has 0 unspecified atom stereocenters. The molecule has 1 aromatic heterocycles. The van der Waals surface area contributed by atoms with Crippen LogP contribution in [0.3, 0.4) is 0 Å². The maximum absolute atomic E-state index is 5.66. The first-order valence-electron chi connectivity index (χ1n) is 6.58. The lowest BCUT2D eigenvalue weighted by Crippen LogP contribution is -2.03. The van der Waals surface area contributed by atoms with Crippen LogP contribution >= 0.6 is 11.6 Å². The third-order valence-corrected chi connectivity index (χ3v) is 3.34. The van der Waals surface area contributed by atoms with Gasteiger partial charge >= 0.3 is 0 Å². The number of benzene rings is 1. The van der Waals surface area contributed by atoms with Crippen molar-refractivity contribution in [3.05, 3.63) is 30.5 Å². The minimum Gasteiger partial charge on any atom is -0.497 e. The Balaban J connectivity index is 2.08. The summed E-state index contributed by atoms with van der Waals surface area (Å²) in [6.45, 7) is 0.917. The van der Waals surface area contributed by atoms with Gasteiger partial charge in [-0.3, -0.25) is 0 Å². The summed E-state index contributed by atoms with van der Waals surface area (Å²) in [5, 5.41) is 5.65. The molecule has 1 heterocycles. The second-order valence-corrected chi connectivity index (χ2v) is 4.80. The molecule has 1 N–H and O–H groups in total. The van der Waals surface area contributed by atoms with Gasteiger partial charge in [0, 0.05) is 24.0 Å². The Morgan fingerprint density at radius 3 is 2.89 bits per heavy atom. The van der Waals surface area contributed by atoms with Gasteiger partial charge < -0.3 is 10.1 Å². The van der Waals surface area contributed by atoms with Crippen LogP contribution in [-0.4, -0.2) is 24.5 Å². The first kappa shape index (κ1) is 13.9. The highest BCUT2D eigenvalue weighted by Gasteiger charge is 2.03. The topological polar surface area (TPSA) is 34.1 Å². The molecule has 0 saturated carbocycles. The summed E-state index contributed by atoms with van der Waals surface area (Å²) in [5.74, 6) is 2.51. The van der Waals surface area contributed by atoms with Gasteiger partial charge in [-0.15, -0.1) is 11.6 Å². The van der Waals surface area contributed by atoms with Gasteiger partial charge in [0.2, 0.25) is 0 Å². The minimum absolute atomic E-state index is 0.740. The first-order valence-corrected chi connectivity index (χ1v) is 7.11. The van der Waals surface area contributed by atoms with Gasteiger partial charge in [0.1, 0.15) is 11.6 Å². The SMILES string of the molecule is COc1ccc2ccnc(NCCCCCCl)c2c1. The molecule has 0 saturated heterocycles. The van der Waals surface area contributed by atoms with Gasteiger partial charge in [-0.2, -0.15) is 0 Å². The second-order valence-electron chi connectivity index (χ2n) is 4.42. The summed E-state index contributed by atoms with van der Waals surface area (Å²) in [4.78, 5) is 4.41. The number of aromatic nitrogens is 1. The van der Waals surface area contributed by atoms with Crippen LogP contribution in [0.15, 0.2) is 30.5 Å². The number of hydrogen-bond donors (Lipinski definition) is 1. The standard InChI is InChI=1S/C15H19ClN2O/c1-19-13-6-5-12-7-10-18-15(14(12)11-13)17-9-4-2-3-8-16/h5-7,10-11H,2-4,8-9H2,1H3,(H,17,18). The van der Waals surface area contributed by atoms with Crippen molar-refractivity contribution in [2.75, 3.05) is 24.9 Å². The maximum Gasteiger partial charge on any atom is 0.133 e. The van der Waals surface area contributed by atoms with Gasteiger partial charge in [0.15, 0.2) is 0 Å². The molecule has 0 radical (unpaired) electrons. The third-order valence-electron chi connectivity index (χ3n) is 3.08. The Morgan fingerprint density at radius 2 is 2.11 bits per heavy atom. The lowest BCUT2D eigenvalue weighted by molar-refractivity contribution is 0.415. The van der Waals surface area contributed by atoms with E-state index in [1.807, 2.05) is 24.4 Å². The molecule has 0 aliphatic rings. The van der Waals surface area contributed by atoms with Crippen molar-refractivity contribution in [2.24, 2.45) is 0 Å². The molecule has 0 aliphatic heterocycles. The van der Waals surface area contributed by atoms with Crippen molar-refractivity contribution in [2.45, 2.75) is 19.3 Å². The van der Waals surface area contributed by atoms with Crippen molar-refractivity contribution in [1.82, 2.24) is 4.98 Å². The molecule has 0 aliphatic carbocycles. The van der Waals surface area contributed by atoms with Gasteiger partial charge in [-0.25, -0.2) is 4.98 Å². The molecule has 0 fully saturated rings. The summed E-state index contributed by atoms with van der Waals surface area (Å²) < 4.78 is 5.26. The van der Waals surface area contributed by atoms with Crippen LogP contribution in [-0.2, 0) is 0 Å². The fraction of sp³-hybridized carbons (Fsp3) is 0.400. The van der Waals surface area contributed by atoms with E-state index in [4.69, 9.17) is 16.3 Å². The van der Waals surface area contributed by atoms with E-state index in [0.29, 0.717) is 0 Å².